The molecule has 7 nitrogen and oxygen atoms in total. The van der Waals surface area contributed by atoms with E-state index in [2.05, 4.69) is 17.4 Å². The molecule has 34 heavy (non-hydrogen) atoms. The molecule has 3 aromatic rings. The Morgan fingerprint density at radius 3 is 2.03 bits per heavy atom. The second-order valence-corrected chi connectivity index (χ2v) is 8.08. The lowest BCUT2D eigenvalue weighted by Crippen LogP contribution is -2.50. The Balaban J connectivity index is 1.45. The van der Waals surface area contributed by atoms with Gasteiger partial charge in [0.25, 0.3) is 0 Å². The molecule has 4 rings (SSSR count). The lowest BCUT2D eigenvalue weighted by atomic mass is 9.98. The molecule has 0 unspecified atom stereocenters. The third-order valence-corrected chi connectivity index (χ3v) is 5.97. The standard InChI is InChI=1S/C27H26N2O5/c1-2-24(26(32)29(16-25(30)31)18-10-4-3-5-11-18)28-27(33)34-17-23-21-14-8-6-12-19(21)20-13-7-9-15-22(20)23/h3-15,23-24H,2,16-17H2,1H3,(H,28,33)(H,30,31)/t24-/m1/s1. The molecule has 2 amide bonds. The van der Waals surface area contributed by atoms with Crippen LogP contribution < -0.4 is 10.2 Å². The third kappa shape index (κ3) is 4.78. The van der Waals surface area contributed by atoms with E-state index in [-0.39, 0.29) is 18.9 Å². The first-order chi connectivity index (χ1) is 16.5. The van der Waals surface area contributed by atoms with Gasteiger partial charge in [-0.2, -0.15) is 0 Å². The molecule has 0 spiro atoms. The van der Waals surface area contributed by atoms with Crippen LogP contribution in [0, 0.1) is 0 Å². The van der Waals surface area contributed by atoms with Crippen molar-refractivity contribution in [1.29, 1.82) is 0 Å². The van der Waals surface area contributed by atoms with Crippen LogP contribution in [0.2, 0.25) is 0 Å². The largest absolute Gasteiger partial charge is 0.480 e. The minimum absolute atomic E-state index is 0.0956. The Morgan fingerprint density at radius 2 is 1.47 bits per heavy atom. The number of hydrogen-bond donors (Lipinski definition) is 2. The number of hydrogen-bond acceptors (Lipinski definition) is 4. The number of rotatable bonds is 8. The van der Waals surface area contributed by atoms with Crippen molar-refractivity contribution in [1.82, 2.24) is 5.32 Å². The number of amides is 2. The van der Waals surface area contributed by atoms with Crippen LogP contribution in [0.15, 0.2) is 78.9 Å². The molecular formula is C27H26N2O5. The van der Waals surface area contributed by atoms with E-state index in [1.165, 1.54) is 0 Å². The highest BCUT2D eigenvalue weighted by Gasteiger charge is 2.31. The first kappa shape index (κ1) is 23.0. The predicted octanol–water partition coefficient (Wildman–Crippen LogP) is 4.42. The molecule has 1 atom stereocenters. The van der Waals surface area contributed by atoms with Gasteiger partial charge < -0.3 is 15.2 Å². The van der Waals surface area contributed by atoms with Crippen LogP contribution in [0.5, 0.6) is 0 Å². The fraction of sp³-hybridized carbons (Fsp3) is 0.222. The SMILES string of the molecule is CC[C@@H](NC(=O)OCC1c2ccccc2-c2ccccc21)C(=O)N(CC(=O)O)c1ccccc1. The van der Waals surface area contributed by atoms with Gasteiger partial charge in [0.1, 0.15) is 19.2 Å². The number of aliphatic carboxylic acids is 1. The van der Waals surface area contributed by atoms with Crippen molar-refractivity contribution in [2.75, 3.05) is 18.1 Å². The summed E-state index contributed by atoms with van der Waals surface area (Å²) >= 11 is 0. The highest BCUT2D eigenvalue weighted by Crippen LogP contribution is 2.44. The molecule has 0 aromatic heterocycles. The zero-order chi connectivity index (χ0) is 24.1. The number of benzene rings is 3. The summed E-state index contributed by atoms with van der Waals surface area (Å²) < 4.78 is 5.55. The molecular weight excluding hydrogens is 432 g/mol. The number of fused-ring (bicyclic) bond motifs is 3. The molecule has 1 aliphatic rings. The highest BCUT2D eigenvalue weighted by atomic mass is 16.5. The van der Waals surface area contributed by atoms with Crippen LogP contribution >= 0.6 is 0 Å². The molecule has 0 fully saturated rings. The summed E-state index contributed by atoms with van der Waals surface area (Å²) in [6, 6.07) is 23.7. The van der Waals surface area contributed by atoms with Crippen LogP contribution in [0.4, 0.5) is 10.5 Å². The number of carboxylic acid groups (broad SMARTS) is 1. The number of nitrogens with zero attached hydrogens (tertiary/aromatic N) is 1. The number of anilines is 1. The van der Waals surface area contributed by atoms with Crippen molar-refractivity contribution >= 4 is 23.7 Å². The number of carbonyl (C=O) groups excluding carboxylic acids is 2. The minimum Gasteiger partial charge on any atom is -0.480 e. The number of para-hydroxylation sites is 1. The minimum atomic E-state index is -1.15. The zero-order valence-electron chi connectivity index (χ0n) is 18.8. The van der Waals surface area contributed by atoms with Crippen LogP contribution in [-0.4, -0.2) is 42.3 Å². The van der Waals surface area contributed by atoms with E-state index in [0.717, 1.165) is 27.2 Å². The van der Waals surface area contributed by atoms with Crippen molar-refractivity contribution in [3.8, 4) is 11.1 Å². The number of ether oxygens (including phenoxy) is 1. The summed E-state index contributed by atoms with van der Waals surface area (Å²) in [6.45, 7) is 1.37. The fourth-order valence-corrected chi connectivity index (χ4v) is 4.35. The summed E-state index contributed by atoms with van der Waals surface area (Å²) in [7, 11) is 0. The average molecular weight is 459 g/mol. The van der Waals surface area contributed by atoms with Gasteiger partial charge in [-0.05, 0) is 40.8 Å². The van der Waals surface area contributed by atoms with E-state index in [0.29, 0.717) is 5.69 Å². The third-order valence-electron chi connectivity index (χ3n) is 5.97. The van der Waals surface area contributed by atoms with Gasteiger partial charge in [0.2, 0.25) is 5.91 Å². The monoisotopic (exact) mass is 458 g/mol. The Hall–Kier alpha value is -4.13. The lowest BCUT2D eigenvalue weighted by Gasteiger charge is -2.26. The van der Waals surface area contributed by atoms with Crippen molar-refractivity contribution in [2.45, 2.75) is 25.3 Å². The van der Waals surface area contributed by atoms with Crippen LogP contribution in [0.3, 0.4) is 0 Å². The summed E-state index contributed by atoms with van der Waals surface area (Å²) in [5, 5.41) is 11.9. The first-order valence-corrected chi connectivity index (χ1v) is 11.2. The van der Waals surface area contributed by atoms with Gasteiger partial charge in [0.05, 0.1) is 0 Å². The van der Waals surface area contributed by atoms with Crippen molar-refractivity contribution in [3.63, 3.8) is 0 Å². The van der Waals surface area contributed by atoms with Gasteiger partial charge in [0, 0.05) is 11.6 Å². The van der Waals surface area contributed by atoms with Gasteiger partial charge in [-0.1, -0.05) is 73.7 Å². The van der Waals surface area contributed by atoms with Gasteiger partial charge in [0.15, 0.2) is 0 Å². The van der Waals surface area contributed by atoms with Gasteiger partial charge >= 0.3 is 12.1 Å². The smallest absolute Gasteiger partial charge is 0.407 e. The maximum Gasteiger partial charge on any atom is 0.407 e. The van der Waals surface area contributed by atoms with Gasteiger partial charge in [-0.3, -0.25) is 14.5 Å². The Bertz CT molecular complexity index is 1150. The van der Waals surface area contributed by atoms with E-state index < -0.39 is 30.6 Å². The molecule has 0 bridgehead atoms. The van der Waals surface area contributed by atoms with Gasteiger partial charge in [-0.15, -0.1) is 0 Å². The maximum absolute atomic E-state index is 13.1. The van der Waals surface area contributed by atoms with E-state index in [1.54, 1.807) is 37.3 Å². The molecule has 0 heterocycles. The molecule has 1 aliphatic carbocycles. The zero-order valence-corrected chi connectivity index (χ0v) is 18.8. The number of carbonyl (C=O) groups is 3. The summed E-state index contributed by atoms with van der Waals surface area (Å²) in [5.41, 5.74) is 4.89. The van der Waals surface area contributed by atoms with E-state index in [9.17, 15) is 19.5 Å². The Morgan fingerprint density at radius 1 is 0.912 bits per heavy atom. The fourth-order valence-electron chi connectivity index (χ4n) is 4.35. The topological polar surface area (TPSA) is 95.9 Å². The van der Waals surface area contributed by atoms with Crippen LogP contribution in [0.1, 0.15) is 30.4 Å². The van der Waals surface area contributed by atoms with Crippen molar-refractivity contribution in [3.05, 3.63) is 90.0 Å². The normalized spacial score (nSPS) is 12.9. The quantitative estimate of drug-likeness (QED) is 0.521. The molecule has 0 saturated heterocycles. The molecule has 3 aromatic carbocycles. The van der Waals surface area contributed by atoms with Gasteiger partial charge in [-0.25, -0.2) is 4.79 Å². The molecule has 7 heteroatoms. The molecule has 174 valence electrons. The van der Waals surface area contributed by atoms with E-state index >= 15 is 0 Å². The predicted molar refractivity (Wildman–Crippen MR) is 129 cm³/mol. The molecule has 2 N–H and O–H groups in total. The summed E-state index contributed by atoms with van der Waals surface area (Å²) in [6.07, 6.45) is -0.434. The van der Waals surface area contributed by atoms with Crippen molar-refractivity contribution < 1.29 is 24.2 Å². The van der Waals surface area contributed by atoms with Crippen molar-refractivity contribution in [2.24, 2.45) is 0 Å². The second-order valence-electron chi connectivity index (χ2n) is 8.08. The van der Waals surface area contributed by atoms with Crippen LogP contribution in [0.25, 0.3) is 11.1 Å². The number of nitrogens with one attached hydrogen (secondary N) is 1. The molecule has 0 saturated carbocycles. The Kier molecular flexibility index (Phi) is 6.92. The van der Waals surface area contributed by atoms with E-state index in [4.69, 9.17) is 4.74 Å². The highest BCUT2D eigenvalue weighted by molar-refractivity contribution is 6.01. The number of alkyl carbamates (subject to hydrolysis) is 1. The average Bonchev–Trinajstić information content (AvgIpc) is 3.18. The molecule has 0 aliphatic heterocycles. The first-order valence-electron chi connectivity index (χ1n) is 11.2. The lowest BCUT2D eigenvalue weighted by molar-refractivity contribution is -0.136. The maximum atomic E-state index is 13.1. The molecule has 0 radical (unpaired) electrons. The Labute approximate surface area is 198 Å². The second kappa shape index (κ2) is 10.2. The van der Waals surface area contributed by atoms with E-state index in [1.807, 2.05) is 36.4 Å². The number of carboxylic acids is 1. The van der Waals surface area contributed by atoms with Crippen LogP contribution in [-0.2, 0) is 14.3 Å². The summed E-state index contributed by atoms with van der Waals surface area (Å²) in [4.78, 5) is 38.3. The summed E-state index contributed by atoms with van der Waals surface area (Å²) in [5.74, 6) is -1.75.